The van der Waals surface area contributed by atoms with Crippen LogP contribution in [0.15, 0.2) is 17.3 Å². The van der Waals surface area contributed by atoms with E-state index >= 15 is 0 Å². The lowest BCUT2D eigenvalue weighted by atomic mass is 9.99. The van der Waals surface area contributed by atoms with Crippen LogP contribution in [0.3, 0.4) is 0 Å². The van der Waals surface area contributed by atoms with Crippen LogP contribution in [0.2, 0.25) is 0 Å². The minimum atomic E-state index is 0.246. The van der Waals surface area contributed by atoms with Crippen molar-refractivity contribution in [3.8, 4) is 0 Å². The molecule has 0 unspecified atom stereocenters. The molecule has 0 aliphatic heterocycles. The Bertz CT molecular complexity index is 443. The summed E-state index contributed by atoms with van der Waals surface area (Å²) in [5.74, 6) is 0.246. The fraction of sp³-hybridized carbons (Fsp3) is 0.533. The second kappa shape index (κ2) is 6.57. The van der Waals surface area contributed by atoms with E-state index in [1.807, 2.05) is 0 Å². The van der Waals surface area contributed by atoms with Crippen LogP contribution in [0.4, 0.5) is 0 Å². The van der Waals surface area contributed by atoms with Crippen LogP contribution in [-0.2, 0) is 6.54 Å². The highest BCUT2D eigenvalue weighted by Crippen LogP contribution is 2.19. The van der Waals surface area contributed by atoms with Crippen molar-refractivity contribution >= 4 is 5.84 Å². The summed E-state index contributed by atoms with van der Waals surface area (Å²) >= 11 is 0. The second-order valence-electron chi connectivity index (χ2n) is 5.47. The summed E-state index contributed by atoms with van der Waals surface area (Å²) in [7, 11) is 0. The molecule has 0 saturated carbocycles. The van der Waals surface area contributed by atoms with Gasteiger partial charge in [-0.1, -0.05) is 22.9 Å². The van der Waals surface area contributed by atoms with Gasteiger partial charge in [0.05, 0.1) is 6.54 Å². The summed E-state index contributed by atoms with van der Waals surface area (Å²) < 4.78 is 0. The van der Waals surface area contributed by atoms with Crippen molar-refractivity contribution in [2.24, 2.45) is 10.9 Å². The van der Waals surface area contributed by atoms with Gasteiger partial charge in [0.25, 0.3) is 0 Å². The fourth-order valence-corrected chi connectivity index (χ4v) is 2.32. The Balaban J connectivity index is 2.97. The van der Waals surface area contributed by atoms with E-state index in [1.54, 1.807) is 0 Å². The third-order valence-electron chi connectivity index (χ3n) is 3.43. The number of nitrogens with zero attached hydrogens (tertiary/aromatic N) is 2. The Hall–Kier alpha value is -1.55. The number of rotatable bonds is 5. The quantitative estimate of drug-likeness (QED) is 0.371. The number of oxime groups is 1. The van der Waals surface area contributed by atoms with Crippen molar-refractivity contribution in [1.82, 2.24) is 4.90 Å². The molecule has 19 heavy (non-hydrogen) atoms. The van der Waals surface area contributed by atoms with Crippen LogP contribution < -0.4 is 5.73 Å². The summed E-state index contributed by atoms with van der Waals surface area (Å²) in [5, 5.41) is 11.8. The monoisotopic (exact) mass is 263 g/mol. The van der Waals surface area contributed by atoms with E-state index in [0.29, 0.717) is 12.6 Å². The Labute approximate surface area is 115 Å². The van der Waals surface area contributed by atoms with E-state index in [1.165, 1.54) is 22.3 Å². The highest BCUT2D eigenvalue weighted by molar-refractivity contribution is 5.81. The molecule has 0 spiro atoms. The average molecular weight is 263 g/mol. The van der Waals surface area contributed by atoms with Gasteiger partial charge in [0.1, 0.15) is 0 Å². The molecule has 0 aliphatic carbocycles. The van der Waals surface area contributed by atoms with Crippen molar-refractivity contribution < 1.29 is 5.21 Å². The number of hydrogen-bond acceptors (Lipinski definition) is 3. The molecule has 106 valence electrons. The summed E-state index contributed by atoms with van der Waals surface area (Å²) in [6.07, 6.45) is 0. The lowest BCUT2D eigenvalue weighted by Gasteiger charge is -2.27. The Kier molecular flexibility index (Phi) is 5.36. The maximum Gasteiger partial charge on any atom is 0.153 e. The first-order valence-corrected chi connectivity index (χ1v) is 6.62. The minimum absolute atomic E-state index is 0.246. The lowest BCUT2D eigenvalue weighted by molar-refractivity contribution is 0.238. The predicted octanol–water partition coefficient (Wildman–Crippen LogP) is 2.57. The van der Waals surface area contributed by atoms with Gasteiger partial charge in [-0.3, -0.25) is 4.90 Å². The van der Waals surface area contributed by atoms with Gasteiger partial charge in [-0.15, -0.1) is 0 Å². The molecular weight excluding hydrogens is 238 g/mol. The van der Waals surface area contributed by atoms with Gasteiger partial charge < -0.3 is 10.9 Å². The molecule has 0 atom stereocenters. The number of nitrogens with two attached hydrogens (primary N) is 1. The normalized spacial score (nSPS) is 12.5. The van der Waals surface area contributed by atoms with Gasteiger partial charge in [-0.2, -0.15) is 0 Å². The number of benzene rings is 1. The molecule has 4 heteroatoms. The van der Waals surface area contributed by atoms with E-state index in [-0.39, 0.29) is 5.84 Å². The molecule has 1 rings (SSSR count). The third kappa shape index (κ3) is 4.24. The number of hydrogen-bond donors (Lipinski definition) is 2. The predicted molar refractivity (Wildman–Crippen MR) is 79.6 cm³/mol. The number of amidine groups is 1. The highest BCUT2D eigenvalue weighted by Gasteiger charge is 2.14. The second-order valence-corrected chi connectivity index (χ2v) is 5.47. The van der Waals surface area contributed by atoms with Crippen LogP contribution in [0.25, 0.3) is 0 Å². The van der Waals surface area contributed by atoms with Crippen molar-refractivity contribution in [2.75, 3.05) is 6.54 Å². The Morgan fingerprint density at radius 3 is 2.21 bits per heavy atom. The zero-order valence-corrected chi connectivity index (χ0v) is 12.6. The molecule has 1 aromatic rings. The summed E-state index contributed by atoms with van der Waals surface area (Å²) in [5.41, 5.74) is 10.8. The molecule has 0 saturated heterocycles. The molecule has 0 radical (unpaired) electrons. The molecule has 0 fully saturated rings. The maximum absolute atomic E-state index is 8.71. The molecule has 1 aromatic carbocycles. The summed E-state index contributed by atoms with van der Waals surface area (Å²) in [4.78, 5) is 2.19. The molecule has 0 heterocycles. The summed E-state index contributed by atoms with van der Waals surface area (Å²) in [6, 6.07) is 4.73. The van der Waals surface area contributed by atoms with E-state index in [2.05, 4.69) is 56.8 Å². The van der Waals surface area contributed by atoms with Crippen molar-refractivity contribution in [1.29, 1.82) is 0 Å². The molecule has 0 bridgehead atoms. The van der Waals surface area contributed by atoms with Gasteiger partial charge in [0.15, 0.2) is 5.84 Å². The zero-order valence-electron chi connectivity index (χ0n) is 12.6. The van der Waals surface area contributed by atoms with Gasteiger partial charge >= 0.3 is 0 Å². The lowest BCUT2D eigenvalue weighted by Crippen LogP contribution is -2.38. The van der Waals surface area contributed by atoms with Gasteiger partial charge in [0, 0.05) is 12.6 Å². The third-order valence-corrected chi connectivity index (χ3v) is 3.43. The van der Waals surface area contributed by atoms with E-state index in [0.717, 1.165) is 6.54 Å². The molecule has 0 amide bonds. The smallest absolute Gasteiger partial charge is 0.153 e. The van der Waals surface area contributed by atoms with E-state index in [4.69, 9.17) is 10.9 Å². The maximum atomic E-state index is 8.71. The van der Waals surface area contributed by atoms with Gasteiger partial charge in [0.2, 0.25) is 0 Å². The SMILES string of the molecule is Cc1cc(C)c(CN(CC(N)=NO)C(C)C)c(C)c1. The summed E-state index contributed by atoms with van der Waals surface area (Å²) in [6.45, 7) is 11.9. The van der Waals surface area contributed by atoms with Crippen LogP contribution in [0.5, 0.6) is 0 Å². The first kappa shape index (κ1) is 15.5. The fourth-order valence-electron chi connectivity index (χ4n) is 2.32. The van der Waals surface area contributed by atoms with E-state index in [9.17, 15) is 0 Å². The van der Waals surface area contributed by atoms with Crippen LogP contribution in [-0.4, -0.2) is 28.5 Å². The molecule has 3 N–H and O–H groups in total. The van der Waals surface area contributed by atoms with E-state index < -0.39 is 0 Å². The molecule has 4 nitrogen and oxygen atoms in total. The van der Waals surface area contributed by atoms with Crippen LogP contribution in [0.1, 0.15) is 36.1 Å². The molecule has 0 aromatic heterocycles. The largest absolute Gasteiger partial charge is 0.409 e. The Morgan fingerprint density at radius 1 is 1.26 bits per heavy atom. The van der Waals surface area contributed by atoms with Crippen molar-refractivity contribution in [3.63, 3.8) is 0 Å². The average Bonchev–Trinajstić information content (AvgIpc) is 2.31. The molecule has 0 aliphatic rings. The van der Waals surface area contributed by atoms with Gasteiger partial charge in [-0.25, -0.2) is 0 Å². The van der Waals surface area contributed by atoms with Crippen molar-refractivity contribution in [3.05, 3.63) is 34.4 Å². The highest BCUT2D eigenvalue weighted by atomic mass is 16.4. The van der Waals surface area contributed by atoms with Crippen LogP contribution in [0, 0.1) is 20.8 Å². The molecular formula is C15H25N3O. The number of aryl methyl sites for hydroxylation is 3. The Morgan fingerprint density at radius 2 is 1.79 bits per heavy atom. The first-order valence-electron chi connectivity index (χ1n) is 6.62. The minimum Gasteiger partial charge on any atom is -0.409 e. The van der Waals surface area contributed by atoms with Gasteiger partial charge in [-0.05, 0) is 51.3 Å². The topological polar surface area (TPSA) is 61.8 Å². The standard InChI is InChI=1S/C15H25N3O/c1-10(2)18(9-15(16)17-19)8-14-12(4)6-11(3)7-13(14)5/h6-7,10,19H,8-9H2,1-5H3,(H2,16,17). The van der Waals surface area contributed by atoms with Crippen LogP contribution >= 0.6 is 0 Å². The first-order chi connectivity index (χ1) is 8.85. The zero-order chi connectivity index (χ0) is 14.6. The van der Waals surface area contributed by atoms with Crippen molar-refractivity contribution in [2.45, 2.75) is 47.2 Å².